The number of hydrogen-bond acceptors (Lipinski definition) is 3. The lowest BCUT2D eigenvalue weighted by molar-refractivity contribution is -0.118. The molecule has 0 radical (unpaired) electrons. The van der Waals surface area contributed by atoms with E-state index in [2.05, 4.69) is 15.6 Å². The zero-order valence-corrected chi connectivity index (χ0v) is 11.5. The minimum Gasteiger partial charge on any atom is -0.342 e. The van der Waals surface area contributed by atoms with Gasteiger partial charge >= 0.3 is 0 Å². The Labute approximate surface area is 122 Å². The molecule has 106 valence electrons. The number of rotatable bonds is 4. The molecule has 6 nitrogen and oxygen atoms in total. The van der Waals surface area contributed by atoms with E-state index in [4.69, 9.17) is 0 Å². The van der Waals surface area contributed by atoms with Gasteiger partial charge in [-0.25, -0.2) is 4.68 Å². The highest BCUT2D eigenvalue weighted by Gasteiger charge is 2.15. The van der Waals surface area contributed by atoms with Gasteiger partial charge in [0.1, 0.15) is 6.04 Å². The molecule has 0 bridgehead atoms. The number of para-hydroxylation sites is 2. The molecule has 0 saturated heterocycles. The molecule has 1 atom stereocenters. The normalized spacial score (nSPS) is 12.0. The van der Waals surface area contributed by atoms with E-state index in [1.807, 2.05) is 60.3 Å². The Balaban J connectivity index is 1.84. The van der Waals surface area contributed by atoms with Crippen molar-refractivity contribution in [3.05, 3.63) is 61.2 Å². The van der Waals surface area contributed by atoms with Crippen LogP contribution in [0.3, 0.4) is 0 Å². The Morgan fingerprint density at radius 1 is 1.14 bits per heavy atom. The lowest BCUT2D eigenvalue weighted by Gasteiger charge is -2.15. The maximum atomic E-state index is 12.4. The van der Waals surface area contributed by atoms with Gasteiger partial charge in [-0.3, -0.25) is 4.79 Å². The summed E-state index contributed by atoms with van der Waals surface area (Å²) in [5.74, 6) is -0.0845. The van der Waals surface area contributed by atoms with E-state index in [1.165, 1.54) is 0 Å². The Kier molecular flexibility index (Phi) is 3.51. The summed E-state index contributed by atoms with van der Waals surface area (Å²) in [6.07, 6.45) is 7.07. The first-order valence-electron chi connectivity index (χ1n) is 6.65. The number of carbonyl (C=O) groups excluding carboxylic acids is 1. The summed E-state index contributed by atoms with van der Waals surface area (Å²) in [6, 6.07) is 11.0. The van der Waals surface area contributed by atoms with Crippen LogP contribution in [0.25, 0.3) is 5.69 Å². The van der Waals surface area contributed by atoms with Gasteiger partial charge in [0, 0.05) is 12.4 Å². The second kappa shape index (κ2) is 5.62. The van der Waals surface area contributed by atoms with Gasteiger partial charge in [0.15, 0.2) is 0 Å². The van der Waals surface area contributed by atoms with Crippen molar-refractivity contribution in [2.24, 2.45) is 0 Å². The highest BCUT2D eigenvalue weighted by molar-refractivity contribution is 5.95. The van der Waals surface area contributed by atoms with E-state index in [0.29, 0.717) is 5.69 Å². The zero-order chi connectivity index (χ0) is 14.7. The Hall–Kier alpha value is -2.89. The molecule has 0 aliphatic heterocycles. The van der Waals surface area contributed by atoms with Crippen molar-refractivity contribution in [2.75, 3.05) is 5.32 Å². The summed E-state index contributed by atoms with van der Waals surface area (Å²) in [6.45, 7) is 1.85. The second-order valence-corrected chi connectivity index (χ2v) is 4.66. The van der Waals surface area contributed by atoms with Crippen LogP contribution in [-0.2, 0) is 4.79 Å². The predicted octanol–water partition coefficient (Wildman–Crippen LogP) is 2.27. The molecule has 3 rings (SSSR count). The minimum atomic E-state index is -0.288. The highest BCUT2D eigenvalue weighted by Crippen LogP contribution is 2.20. The summed E-state index contributed by atoms with van der Waals surface area (Å²) in [5, 5.41) is 10.7. The van der Waals surface area contributed by atoms with Crippen LogP contribution in [0, 0.1) is 0 Å². The van der Waals surface area contributed by atoms with Gasteiger partial charge in [-0.05, 0) is 31.2 Å². The summed E-state index contributed by atoms with van der Waals surface area (Å²) < 4.78 is 3.48. The first-order valence-corrected chi connectivity index (χ1v) is 6.65. The van der Waals surface area contributed by atoms with Gasteiger partial charge in [0.2, 0.25) is 5.91 Å². The van der Waals surface area contributed by atoms with Gasteiger partial charge in [-0.1, -0.05) is 17.3 Å². The van der Waals surface area contributed by atoms with Crippen LogP contribution in [0.4, 0.5) is 5.69 Å². The standard InChI is InChI=1S/C15H15N5O/c1-12(19-9-4-5-10-19)15(21)17-13-6-2-3-7-14(13)20-11-8-16-18-20/h2-12H,1H3,(H,17,21)/t12-/m1/s1. The molecule has 2 heterocycles. The van der Waals surface area contributed by atoms with E-state index in [1.54, 1.807) is 17.1 Å². The smallest absolute Gasteiger partial charge is 0.247 e. The van der Waals surface area contributed by atoms with E-state index in [9.17, 15) is 4.79 Å². The summed E-state index contributed by atoms with van der Waals surface area (Å²) in [5.41, 5.74) is 1.48. The Bertz CT molecular complexity index is 718. The van der Waals surface area contributed by atoms with Crippen LogP contribution < -0.4 is 5.32 Å². The number of nitrogens with zero attached hydrogens (tertiary/aromatic N) is 4. The fourth-order valence-corrected chi connectivity index (χ4v) is 2.09. The first-order chi connectivity index (χ1) is 10.3. The van der Waals surface area contributed by atoms with Crippen molar-refractivity contribution >= 4 is 11.6 Å². The number of carbonyl (C=O) groups is 1. The Morgan fingerprint density at radius 2 is 1.90 bits per heavy atom. The predicted molar refractivity (Wildman–Crippen MR) is 79.1 cm³/mol. The van der Waals surface area contributed by atoms with Crippen molar-refractivity contribution < 1.29 is 4.79 Å². The average molecular weight is 281 g/mol. The van der Waals surface area contributed by atoms with Crippen LogP contribution >= 0.6 is 0 Å². The van der Waals surface area contributed by atoms with E-state index in [-0.39, 0.29) is 11.9 Å². The molecule has 0 aliphatic carbocycles. The molecule has 3 aromatic rings. The third-order valence-corrected chi connectivity index (χ3v) is 3.29. The molecule has 0 aliphatic rings. The lowest BCUT2D eigenvalue weighted by atomic mass is 10.2. The van der Waals surface area contributed by atoms with Crippen molar-refractivity contribution in [1.82, 2.24) is 19.6 Å². The Morgan fingerprint density at radius 3 is 2.62 bits per heavy atom. The number of amides is 1. The van der Waals surface area contributed by atoms with Gasteiger partial charge in [-0.15, -0.1) is 5.10 Å². The molecule has 6 heteroatoms. The average Bonchev–Trinajstić information content (AvgIpc) is 3.20. The van der Waals surface area contributed by atoms with Crippen LogP contribution in [-0.4, -0.2) is 25.5 Å². The third kappa shape index (κ3) is 2.69. The fraction of sp³-hybridized carbons (Fsp3) is 0.133. The molecule has 2 aromatic heterocycles. The number of hydrogen-bond donors (Lipinski definition) is 1. The van der Waals surface area contributed by atoms with Crippen LogP contribution in [0.2, 0.25) is 0 Å². The monoisotopic (exact) mass is 281 g/mol. The quantitative estimate of drug-likeness (QED) is 0.797. The summed E-state index contributed by atoms with van der Waals surface area (Å²) in [4.78, 5) is 12.4. The number of aromatic nitrogens is 4. The SMILES string of the molecule is C[C@H](C(=O)Nc1ccccc1-n1ccnn1)n1cccc1. The molecule has 0 spiro atoms. The van der Waals surface area contributed by atoms with Crippen LogP contribution in [0.5, 0.6) is 0 Å². The van der Waals surface area contributed by atoms with E-state index in [0.717, 1.165) is 5.69 Å². The maximum Gasteiger partial charge on any atom is 0.247 e. The van der Waals surface area contributed by atoms with E-state index < -0.39 is 0 Å². The molecule has 1 amide bonds. The number of nitrogens with one attached hydrogen (secondary N) is 1. The van der Waals surface area contributed by atoms with Crippen molar-refractivity contribution in [3.8, 4) is 5.69 Å². The maximum absolute atomic E-state index is 12.4. The van der Waals surface area contributed by atoms with E-state index >= 15 is 0 Å². The largest absolute Gasteiger partial charge is 0.342 e. The molecule has 0 saturated carbocycles. The highest BCUT2D eigenvalue weighted by atomic mass is 16.2. The molecular weight excluding hydrogens is 266 g/mol. The molecule has 0 unspecified atom stereocenters. The fourth-order valence-electron chi connectivity index (χ4n) is 2.09. The van der Waals surface area contributed by atoms with Crippen molar-refractivity contribution in [3.63, 3.8) is 0 Å². The topological polar surface area (TPSA) is 64.7 Å². The van der Waals surface area contributed by atoms with Gasteiger partial charge in [0.05, 0.1) is 23.8 Å². The van der Waals surface area contributed by atoms with Gasteiger partial charge in [0.25, 0.3) is 0 Å². The molecule has 21 heavy (non-hydrogen) atoms. The van der Waals surface area contributed by atoms with Gasteiger partial charge in [-0.2, -0.15) is 0 Å². The number of benzene rings is 1. The molecule has 1 N–H and O–H groups in total. The van der Waals surface area contributed by atoms with Crippen molar-refractivity contribution in [2.45, 2.75) is 13.0 Å². The van der Waals surface area contributed by atoms with Crippen molar-refractivity contribution in [1.29, 1.82) is 0 Å². The third-order valence-electron chi connectivity index (χ3n) is 3.29. The van der Waals surface area contributed by atoms with Gasteiger partial charge < -0.3 is 9.88 Å². The number of anilines is 1. The van der Waals surface area contributed by atoms with Crippen LogP contribution in [0.1, 0.15) is 13.0 Å². The lowest BCUT2D eigenvalue weighted by Crippen LogP contribution is -2.23. The van der Waals surface area contributed by atoms with Crippen LogP contribution in [0.15, 0.2) is 61.2 Å². The molecule has 0 fully saturated rings. The first kappa shape index (κ1) is 13.1. The summed E-state index contributed by atoms with van der Waals surface area (Å²) >= 11 is 0. The summed E-state index contributed by atoms with van der Waals surface area (Å²) in [7, 11) is 0. The molecule has 1 aromatic carbocycles. The molecular formula is C15H15N5O. The zero-order valence-electron chi connectivity index (χ0n) is 11.5. The minimum absolute atomic E-state index is 0.0845. The second-order valence-electron chi connectivity index (χ2n) is 4.66.